The lowest BCUT2D eigenvalue weighted by molar-refractivity contribution is -0.151. The lowest BCUT2D eigenvalue weighted by Crippen LogP contribution is -2.38. The number of aliphatic carboxylic acids is 1. The minimum Gasteiger partial charge on any atom is -0.481 e. The quantitative estimate of drug-likeness (QED) is 0.434. The third-order valence-corrected chi connectivity index (χ3v) is 5.65. The molecule has 2 amide bonds. The third-order valence-electron chi connectivity index (χ3n) is 4.27. The van der Waals surface area contributed by atoms with Crippen molar-refractivity contribution in [2.45, 2.75) is 30.0 Å². The van der Waals surface area contributed by atoms with Crippen LogP contribution >= 0.6 is 0 Å². The van der Waals surface area contributed by atoms with Gasteiger partial charge in [0, 0.05) is 13.3 Å². The molecule has 33 heavy (non-hydrogen) atoms. The van der Waals surface area contributed by atoms with Crippen LogP contribution in [0.25, 0.3) is 0 Å². The largest absolute Gasteiger partial charge is 0.481 e. The summed E-state index contributed by atoms with van der Waals surface area (Å²) in [7, 11) is -0.980. The molecule has 2 heterocycles. The van der Waals surface area contributed by atoms with Gasteiger partial charge in [0.05, 0.1) is 31.9 Å². The van der Waals surface area contributed by atoms with Gasteiger partial charge in [0.2, 0.25) is 17.7 Å². The van der Waals surface area contributed by atoms with Gasteiger partial charge in [-0.15, -0.1) is 0 Å². The Morgan fingerprint density at radius 2 is 1.76 bits per heavy atom. The number of methoxy groups -OCH3 is 3. The number of carboxylic acids is 1. The number of urea groups is 1. The molecule has 3 atom stereocenters. The van der Waals surface area contributed by atoms with Gasteiger partial charge in [-0.1, -0.05) is 0 Å². The van der Waals surface area contributed by atoms with E-state index in [-0.39, 0.29) is 17.7 Å². The minimum absolute atomic E-state index is 0.0357. The van der Waals surface area contributed by atoms with Crippen LogP contribution in [0, 0.1) is 0 Å². The van der Waals surface area contributed by atoms with Gasteiger partial charge in [-0.3, -0.25) is 10.3 Å². The number of nitrogens with one attached hydrogen (secondary N) is 2. The van der Waals surface area contributed by atoms with E-state index in [0.29, 0.717) is 0 Å². The highest BCUT2D eigenvalue weighted by Gasteiger charge is 2.39. The number of pyridine rings is 1. The van der Waals surface area contributed by atoms with Crippen molar-refractivity contribution < 1.29 is 41.7 Å². The number of ether oxygens (including phenoxy) is 3. The molecule has 0 saturated heterocycles. The summed E-state index contributed by atoms with van der Waals surface area (Å²) in [5, 5.41) is 11.5. The number of carboxylic acid groups (broad SMARTS) is 1. The van der Waals surface area contributed by atoms with Crippen LogP contribution in [0.3, 0.4) is 0 Å². The molecule has 0 aliphatic rings. The van der Waals surface area contributed by atoms with Gasteiger partial charge in [0.25, 0.3) is 10.0 Å². The molecule has 2 aromatic rings. The number of carbonyl (C=O) groups is 2. The molecule has 0 aliphatic heterocycles. The summed E-state index contributed by atoms with van der Waals surface area (Å²) in [6.45, 7) is 1.04. The summed E-state index contributed by atoms with van der Waals surface area (Å²) in [6.07, 6.45) is -2.43. The van der Waals surface area contributed by atoms with E-state index in [4.69, 9.17) is 14.2 Å². The van der Waals surface area contributed by atoms with Crippen LogP contribution in [0.15, 0.2) is 29.3 Å². The summed E-state index contributed by atoms with van der Waals surface area (Å²) < 4.78 is 56.6. The number of rotatable bonds is 10. The van der Waals surface area contributed by atoms with Crippen LogP contribution < -0.4 is 19.5 Å². The molecule has 15 heteroatoms. The normalized spacial score (nSPS) is 14.0. The van der Waals surface area contributed by atoms with Crippen LogP contribution in [0.2, 0.25) is 0 Å². The molecule has 0 aliphatic carbocycles. The lowest BCUT2D eigenvalue weighted by Gasteiger charge is -2.25. The average molecular weight is 487 g/mol. The fraction of sp³-hybridized carbons (Fsp3) is 0.389. The van der Waals surface area contributed by atoms with E-state index in [1.54, 1.807) is 4.72 Å². The molecular formula is C18H22FN5O8S. The second-order valence-electron chi connectivity index (χ2n) is 6.42. The second kappa shape index (κ2) is 10.8. The highest BCUT2D eigenvalue weighted by molar-refractivity contribution is 7.90. The van der Waals surface area contributed by atoms with Crippen LogP contribution in [0.5, 0.6) is 11.8 Å². The molecule has 0 saturated carbocycles. The first-order chi connectivity index (χ1) is 15.5. The number of sulfonamides is 1. The number of aromatic nitrogens is 3. The standard InChI is InChI=1S/C18H22FN5O8S/c1-9(19)13(15(32-4)16(25)26)14-10(6-5-7-20-14)33(28,29)24-18(27)23-17-21-11(30-2)8-12(22-17)31-3/h5-9,13,15H,1-4H3,(H,25,26)(H2,21,22,23,24,27). The number of amides is 2. The summed E-state index contributed by atoms with van der Waals surface area (Å²) in [4.78, 5) is 34.8. The highest BCUT2D eigenvalue weighted by Crippen LogP contribution is 2.31. The molecule has 2 aromatic heterocycles. The first-order valence-corrected chi connectivity index (χ1v) is 10.7. The maximum atomic E-state index is 14.4. The van der Waals surface area contributed by atoms with E-state index in [1.165, 1.54) is 26.4 Å². The van der Waals surface area contributed by atoms with E-state index in [1.807, 2.05) is 0 Å². The van der Waals surface area contributed by atoms with Crippen molar-refractivity contribution in [1.82, 2.24) is 19.7 Å². The van der Waals surface area contributed by atoms with Gasteiger partial charge < -0.3 is 19.3 Å². The highest BCUT2D eigenvalue weighted by atomic mass is 32.2. The van der Waals surface area contributed by atoms with E-state index in [9.17, 15) is 27.5 Å². The Hall–Kier alpha value is -3.59. The predicted octanol–water partition coefficient (Wildman–Crippen LogP) is 0.940. The Bertz CT molecular complexity index is 1090. The molecule has 0 aromatic carbocycles. The van der Waals surface area contributed by atoms with Crippen LogP contribution in [-0.2, 0) is 19.6 Å². The lowest BCUT2D eigenvalue weighted by atomic mass is 9.93. The zero-order chi connectivity index (χ0) is 24.8. The van der Waals surface area contributed by atoms with Gasteiger partial charge in [-0.25, -0.2) is 27.1 Å². The molecule has 3 N–H and O–H groups in total. The SMILES string of the molecule is COc1cc(OC)nc(NC(=O)NS(=O)(=O)c2cccnc2C(C(C)F)C(OC)C(=O)O)n1. The van der Waals surface area contributed by atoms with E-state index in [0.717, 1.165) is 26.3 Å². The van der Waals surface area contributed by atoms with Crippen molar-refractivity contribution >= 4 is 28.0 Å². The zero-order valence-electron chi connectivity index (χ0n) is 18.0. The Morgan fingerprint density at radius 3 is 2.24 bits per heavy atom. The van der Waals surface area contributed by atoms with Crippen LogP contribution in [-0.4, -0.2) is 74.1 Å². The Kier molecular flexibility index (Phi) is 8.42. The Morgan fingerprint density at radius 1 is 1.15 bits per heavy atom. The number of nitrogens with zero attached hydrogens (tertiary/aromatic N) is 3. The topological polar surface area (TPSA) is 179 Å². The van der Waals surface area contributed by atoms with Gasteiger partial charge in [0.15, 0.2) is 6.10 Å². The number of hydrogen-bond acceptors (Lipinski definition) is 10. The smallest absolute Gasteiger partial charge is 0.335 e. The first kappa shape index (κ1) is 25.7. The predicted molar refractivity (Wildman–Crippen MR) is 110 cm³/mol. The zero-order valence-corrected chi connectivity index (χ0v) is 18.8. The van der Waals surface area contributed by atoms with Crippen molar-refractivity contribution in [3.8, 4) is 11.8 Å². The molecule has 3 unspecified atom stereocenters. The fourth-order valence-electron chi connectivity index (χ4n) is 2.86. The molecule has 0 radical (unpaired) electrons. The Labute approximate surface area is 188 Å². The maximum Gasteiger partial charge on any atom is 0.335 e. The number of carbonyl (C=O) groups excluding carboxylic acids is 1. The van der Waals surface area contributed by atoms with Gasteiger partial charge >= 0.3 is 12.0 Å². The van der Waals surface area contributed by atoms with Gasteiger partial charge in [-0.05, 0) is 19.1 Å². The Balaban J connectivity index is 2.38. The van der Waals surface area contributed by atoms with Gasteiger partial charge in [-0.2, -0.15) is 9.97 Å². The van der Waals surface area contributed by atoms with Crippen molar-refractivity contribution in [3.63, 3.8) is 0 Å². The van der Waals surface area contributed by atoms with E-state index < -0.39 is 50.8 Å². The summed E-state index contributed by atoms with van der Waals surface area (Å²) in [5.41, 5.74) is -0.429. The molecule has 13 nitrogen and oxygen atoms in total. The van der Waals surface area contributed by atoms with Crippen molar-refractivity contribution in [2.24, 2.45) is 0 Å². The third kappa shape index (κ3) is 6.23. The molecular weight excluding hydrogens is 465 g/mol. The molecule has 180 valence electrons. The average Bonchev–Trinajstić information content (AvgIpc) is 2.75. The summed E-state index contributed by atoms with van der Waals surface area (Å²) in [5.74, 6) is -3.36. The fourth-order valence-corrected chi connectivity index (χ4v) is 3.98. The number of halogens is 1. The van der Waals surface area contributed by atoms with Crippen LogP contribution in [0.1, 0.15) is 18.5 Å². The molecule has 0 spiro atoms. The maximum absolute atomic E-state index is 14.4. The van der Waals surface area contributed by atoms with Crippen molar-refractivity contribution in [2.75, 3.05) is 26.6 Å². The monoisotopic (exact) mass is 487 g/mol. The van der Waals surface area contributed by atoms with E-state index in [2.05, 4.69) is 20.3 Å². The van der Waals surface area contributed by atoms with Gasteiger partial charge in [0.1, 0.15) is 11.1 Å². The van der Waals surface area contributed by atoms with E-state index >= 15 is 0 Å². The minimum atomic E-state index is -4.65. The number of alkyl halides is 1. The molecule has 0 bridgehead atoms. The van der Waals surface area contributed by atoms with Crippen molar-refractivity contribution in [3.05, 3.63) is 30.1 Å². The number of anilines is 1. The van der Waals surface area contributed by atoms with Crippen molar-refractivity contribution in [1.29, 1.82) is 0 Å². The molecule has 2 rings (SSSR count). The summed E-state index contributed by atoms with van der Waals surface area (Å²) >= 11 is 0. The number of hydrogen-bond donors (Lipinski definition) is 3. The molecule has 0 fully saturated rings. The first-order valence-electron chi connectivity index (χ1n) is 9.19. The second-order valence-corrected chi connectivity index (χ2v) is 8.07. The summed E-state index contributed by atoms with van der Waals surface area (Å²) in [6, 6.07) is 2.35. The van der Waals surface area contributed by atoms with Crippen LogP contribution in [0.4, 0.5) is 15.1 Å².